The van der Waals surface area contributed by atoms with Gasteiger partial charge in [-0.1, -0.05) is 91.0 Å². The van der Waals surface area contributed by atoms with E-state index in [1.807, 2.05) is 91.0 Å². The van der Waals surface area contributed by atoms with Crippen molar-refractivity contribution in [3.63, 3.8) is 0 Å². The van der Waals surface area contributed by atoms with Crippen LogP contribution in [0.4, 0.5) is 0 Å². The van der Waals surface area contributed by atoms with E-state index in [1.54, 1.807) is 7.11 Å². The molecule has 0 aromatic heterocycles. The van der Waals surface area contributed by atoms with Crippen molar-refractivity contribution in [2.45, 2.75) is 29.7 Å². The summed E-state index contributed by atoms with van der Waals surface area (Å²) in [5.74, 6) is -1.40. The predicted molar refractivity (Wildman–Crippen MR) is 168 cm³/mol. The van der Waals surface area contributed by atoms with Crippen molar-refractivity contribution in [3.05, 3.63) is 119 Å². The van der Waals surface area contributed by atoms with Gasteiger partial charge in [-0.3, -0.25) is 19.3 Å². The van der Waals surface area contributed by atoms with E-state index in [0.717, 1.165) is 16.7 Å². The monoisotopic (exact) mass is 632 g/mol. The van der Waals surface area contributed by atoms with Gasteiger partial charge in [0.05, 0.1) is 5.94 Å². The Morgan fingerprint density at radius 2 is 1.50 bits per heavy atom. The number of thioether (sulfide) groups is 2. The fourth-order valence-corrected chi connectivity index (χ4v) is 7.20. The summed E-state index contributed by atoms with van der Waals surface area (Å²) in [6.07, 6.45) is -0.739. The Morgan fingerprint density at radius 1 is 0.932 bits per heavy atom. The molecule has 228 valence electrons. The molecule has 11 heteroatoms. The summed E-state index contributed by atoms with van der Waals surface area (Å²) < 4.78 is 16.6. The molecule has 0 saturated carbocycles. The van der Waals surface area contributed by atoms with Crippen LogP contribution in [0.1, 0.15) is 35.0 Å². The van der Waals surface area contributed by atoms with E-state index < -0.39 is 40.6 Å². The molecule has 0 bridgehead atoms. The number of rotatable bonds is 12. The maximum absolute atomic E-state index is 14.0. The topological polar surface area (TPSA) is 111 Å². The first-order valence-corrected chi connectivity index (χ1v) is 16.1. The number of esters is 2. The summed E-state index contributed by atoms with van der Waals surface area (Å²) in [6.45, 7) is 1.12. The van der Waals surface area contributed by atoms with Gasteiger partial charge < -0.3 is 19.5 Å². The van der Waals surface area contributed by atoms with E-state index in [4.69, 9.17) is 14.2 Å². The molecule has 1 fully saturated rings. The molecular weight excluding hydrogens is 601 g/mol. The molecule has 9 nitrogen and oxygen atoms in total. The maximum atomic E-state index is 14.0. The van der Waals surface area contributed by atoms with Crippen molar-refractivity contribution >= 4 is 47.3 Å². The summed E-state index contributed by atoms with van der Waals surface area (Å²) in [7, 11) is 1.56. The van der Waals surface area contributed by atoms with E-state index in [9.17, 15) is 19.2 Å². The third-order valence-corrected chi connectivity index (χ3v) is 9.64. The Hall–Kier alpha value is -4.06. The molecule has 3 aromatic carbocycles. The summed E-state index contributed by atoms with van der Waals surface area (Å²) in [5.41, 5.74) is 2.80. The number of carbonyl (C=O) groups is 4. The second kappa shape index (κ2) is 14.6. The van der Waals surface area contributed by atoms with E-state index in [2.05, 4.69) is 5.32 Å². The molecule has 2 heterocycles. The van der Waals surface area contributed by atoms with Crippen molar-refractivity contribution in [2.24, 2.45) is 0 Å². The maximum Gasteiger partial charge on any atom is 0.356 e. The van der Waals surface area contributed by atoms with Gasteiger partial charge in [-0.25, -0.2) is 4.79 Å². The third-order valence-electron chi connectivity index (χ3n) is 7.11. The number of hydrogen-bond acceptors (Lipinski definition) is 9. The highest BCUT2D eigenvalue weighted by atomic mass is 32.2. The molecule has 0 aliphatic carbocycles. The molecule has 44 heavy (non-hydrogen) atoms. The number of amides is 2. The Balaban J connectivity index is 1.40. The van der Waals surface area contributed by atoms with Crippen LogP contribution in [0, 0.1) is 0 Å². The molecular formula is C33H32N2O7S2. The normalized spacial score (nSPS) is 18.2. The Bertz CT molecular complexity index is 1480. The SMILES string of the molecule is COCSC(C(=O)NC1C(=O)N2C(C(=O)OC(c3ccccc3)c3ccccc3)=C(COC(C)=O)CSC12)c1ccccc1. The van der Waals surface area contributed by atoms with Crippen molar-refractivity contribution in [1.29, 1.82) is 0 Å². The Morgan fingerprint density at radius 3 is 2.05 bits per heavy atom. The van der Waals surface area contributed by atoms with Crippen LogP contribution in [-0.4, -0.2) is 65.5 Å². The van der Waals surface area contributed by atoms with Gasteiger partial charge in [0.25, 0.3) is 5.91 Å². The molecule has 1 N–H and O–H groups in total. The minimum absolute atomic E-state index is 0.0377. The number of nitrogens with zero attached hydrogens (tertiary/aromatic N) is 1. The molecule has 1 saturated heterocycles. The quantitative estimate of drug-likeness (QED) is 0.174. The number of nitrogens with one attached hydrogen (secondary N) is 1. The standard InChI is InChI=1S/C33H32N2O7S2/c1-21(36)41-18-25-19-43-32-26(34-30(37)29(44-20-40-2)24-16-10-5-11-17-24)31(38)35(32)27(25)33(39)42-28(22-12-6-3-7-13-22)23-14-8-4-9-15-23/h3-17,26,28-29,32H,18-20H2,1-2H3,(H,34,37). The highest BCUT2D eigenvalue weighted by Crippen LogP contribution is 2.42. The van der Waals surface area contributed by atoms with Crippen molar-refractivity contribution in [1.82, 2.24) is 10.2 Å². The third kappa shape index (κ3) is 7.01. The van der Waals surface area contributed by atoms with Crippen LogP contribution in [0.3, 0.4) is 0 Å². The molecule has 3 aromatic rings. The van der Waals surface area contributed by atoms with Crippen molar-refractivity contribution in [2.75, 3.05) is 25.4 Å². The highest BCUT2D eigenvalue weighted by molar-refractivity contribution is 8.00. The molecule has 5 rings (SSSR count). The van der Waals surface area contributed by atoms with Crippen LogP contribution < -0.4 is 5.32 Å². The fourth-order valence-electron chi connectivity index (χ4n) is 5.03. The number of hydrogen-bond donors (Lipinski definition) is 1. The van der Waals surface area contributed by atoms with Crippen molar-refractivity contribution in [3.8, 4) is 0 Å². The van der Waals surface area contributed by atoms with E-state index >= 15 is 0 Å². The van der Waals surface area contributed by atoms with Crippen LogP contribution in [0.15, 0.2) is 102 Å². The van der Waals surface area contributed by atoms with Gasteiger partial charge in [-0.15, -0.1) is 23.5 Å². The number of benzene rings is 3. The zero-order valence-electron chi connectivity index (χ0n) is 24.2. The zero-order chi connectivity index (χ0) is 31.1. The lowest BCUT2D eigenvalue weighted by Crippen LogP contribution is -2.71. The van der Waals surface area contributed by atoms with E-state index in [-0.39, 0.29) is 24.2 Å². The van der Waals surface area contributed by atoms with Gasteiger partial charge in [0.15, 0.2) is 6.10 Å². The molecule has 3 unspecified atom stereocenters. The second-order valence-corrected chi connectivity index (χ2v) is 12.2. The number of β-lactam (4-membered cyclic amide) rings is 1. The van der Waals surface area contributed by atoms with Crippen LogP contribution >= 0.6 is 23.5 Å². The average Bonchev–Trinajstić information content (AvgIpc) is 3.06. The smallest absolute Gasteiger partial charge is 0.356 e. The van der Waals surface area contributed by atoms with Gasteiger partial charge in [0, 0.05) is 25.4 Å². The van der Waals surface area contributed by atoms with Gasteiger partial charge in [-0.05, 0) is 16.7 Å². The number of methoxy groups -OCH3 is 1. The van der Waals surface area contributed by atoms with Crippen molar-refractivity contribution < 1.29 is 33.4 Å². The first kappa shape index (κ1) is 31.4. The molecule has 0 spiro atoms. The van der Waals surface area contributed by atoms with E-state index in [1.165, 1.54) is 35.3 Å². The summed E-state index contributed by atoms with van der Waals surface area (Å²) in [6, 6.07) is 27.1. The van der Waals surface area contributed by atoms with Gasteiger partial charge >= 0.3 is 11.9 Å². The number of fused-ring (bicyclic) bond motifs is 1. The fraction of sp³-hybridized carbons (Fsp3) is 0.273. The Kier molecular flexibility index (Phi) is 10.4. The summed E-state index contributed by atoms with van der Waals surface area (Å²) in [5, 5.41) is 1.77. The lowest BCUT2D eigenvalue weighted by molar-refractivity contribution is -0.155. The first-order valence-electron chi connectivity index (χ1n) is 14.0. The molecule has 2 aliphatic rings. The molecule has 2 amide bonds. The van der Waals surface area contributed by atoms with Crippen LogP contribution in [0.5, 0.6) is 0 Å². The van der Waals surface area contributed by atoms with E-state index in [0.29, 0.717) is 11.3 Å². The van der Waals surface area contributed by atoms with Gasteiger partial charge in [0.2, 0.25) is 5.91 Å². The molecule has 3 atom stereocenters. The first-order chi connectivity index (χ1) is 21.4. The van der Waals surface area contributed by atoms with Gasteiger partial charge in [-0.2, -0.15) is 0 Å². The van der Waals surface area contributed by atoms with Crippen LogP contribution in [-0.2, 0) is 33.4 Å². The lowest BCUT2D eigenvalue weighted by atomic mass is 10.0. The lowest BCUT2D eigenvalue weighted by Gasteiger charge is -2.50. The number of carbonyl (C=O) groups excluding carboxylic acids is 4. The molecule has 2 aliphatic heterocycles. The Labute approximate surface area is 264 Å². The second-order valence-electron chi connectivity index (χ2n) is 10.1. The summed E-state index contributed by atoms with van der Waals surface area (Å²) >= 11 is 2.70. The van der Waals surface area contributed by atoms with Crippen LogP contribution in [0.25, 0.3) is 0 Å². The molecule has 0 radical (unpaired) electrons. The average molecular weight is 633 g/mol. The largest absolute Gasteiger partial charge is 0.461 e. The highest BCUT2D eigenvalue weighted by Gasteiger charge is 2.55. The van der Waals surface area contributed by atoms with Crippen LogP contribution in [0.2, 0.25) is 0 Å². The summed E-state index contributed by atoms with van der Waals surface area (Å²) in [4.78, 5) is 54.1. The minimum Gasteiger partial charge on any atom is -0.461 e. The van der Waals surface area contributed by atoms with Gasteiger partial charge in [0.1, 0.15) is 29.0 Å². The number of ether oxygens (including phenoxy) is 3. The zero-order valence-corrected chi connectivity index (χ0v) is 25.8. The minimum atomic E-state index is -0.848. The predicted octanol–water partition coefficient (Wildman–Crippen LogP) is 4.61.